The van der Waals surface area contributed by atoms with E-state index < -0.39 is 6.04 Å². The van der Waals surface area contributed by atoms with E-state index in [1.807, 2.05) is 6.92 Å². The highest BCUT2D eigenvalue weighted by molar-refractivity contribution is 6.00. The first-order valence-electron chi connectivity index (χ1n) is 11.1. The molecule has 0 aliphatic heterocycles. The number of unbranched alkanes of at least 4 members (excludes halogenated alkanes) is 1. The Hall–Kier alpha value is -3.30. The number of aryl methyl sites for hydroxylation is 1. The summed E-state index contributed by atoms with van der Waals surface area (Å²) in [5, 5.41) is 20.9. The summed E-state index contributed by atoms with van der Waals surface area (Å²) in [6.07, 6.45) is 4.91. The van der Waals surface area contributed by atoms with Gasteiger partial charge < -0.3 is 15.2 Å². The van der Waals surface area contributed by atoms with E-state index in [0.717, 1.165) is 37.6 Å². The average molecular weight is 442 g/mol. The predicted octanol–water partition coefficient (Wildman–Crippen LogP) is 2.57. The third-order valence-electron chi connectivity index (χ3n) is 6.24. The molecule has 1 saturated carbocycles. The number of nitrogens with one attached hydrogen (secondary N) is 3. The van der Waals surface area contributed by atoms with Crippen LogP contribution in [0.2, 0.25) is 0 Å². The maximum Gasteiger partial charge on any atom is 0.268 e. The highest BCUT2D eigenvalue weighted by atomic mass is 19.1. The van der Waals surface area contributed by atoms with Gasteiger partial charge in [0.2, 0.25) is 5.91 Å². The molecule has 1 aromatic carbocycles. The highest BCUT2D eigenvalue weighted by Gasteiger charge is 2.34. The number of benzene rings is 1. The van der Waals surface area contributed by atoms with Gasteiger partial charge in [-0.3, -0.25) is 9.59 Å². The fourth-order valence-corrected chi connectivity index (χ4v) is 4.50. The van der Waals surface area contributed by atoms with E-state index >= 15 is 0 Å². The fourth-order valence-electron chi connectivity index (χ4n) is 4.50. The van der Waals surface area contributed by atoms with E-state index in [1.165, 1.54) is 12.1 Å². The molecule has 1 aliphatic rings. The van der Waals surface area contributed by atoms with Crippen molar-refractivity contribution in [2.45, 2.75) is 63.5 Å². The van der Waals surface area contributed by atoms with Gasteiger partial charge in [-0.2, -0.15) is 5.21 Å². The lowest BCUT2D eigenvalue weighted by atomic mass is 10.0. The summed E-state index contributed by atoms with van der Waals surface area (Å²) in [7, 11) is 1.75. The number of nitrogens with zero attached hydrogens (tertiary/aromatic N) is 4. The number of tetrazole rings is 1. The zero-order valence-electron chi connectivity index (χ0n) is 18.3. The van der Waals surface area contributed by atoms with Crippen LogP contribution in [0.5, 0.6) is 0 Å². The molecule has 2 heterocycles. The minimum atomic E-state index is -0.663. The summed E-state index contributed by atoms with van der Waals surface area (Å²) in [6, 6.07) is 5.28. The Morgan fingerprint density at radius 3 is 2.91 bits per heavy atom. The zero-order valence-corrected chi connectivity index (χ0v) is 18.3. The van der Waals surface area contributed by atoms with Crippen molar-refractivity contribution in [2.24, 2.45) is 7.05 Å². The standard InChI is InChI=1S/C22H28FN7O2/c1-3-4-7-17(21(31)24-16-8-5-6-15(16)20-26-28-29-27-20)25-22(32)19-12-13-11-14(23)9-10-18(13)30(19)2/h9-12,15-17H,3-8H2,1-2H3,(H,24,31)(H,25,32)(H,26,27,28,29)/t15-,16+,17+/m1/s1. The zero-order chi connectivity index (χ0) is 22.7. The molecule has 3 aromatic rings. The Kier molecular flexibility index (Phi) is 6.48. The molecule has 0 spiro atoms. The van der Waals surface area contributed by atoms with Crippen molar-refractivity contribution >= 4 is 22.7 Å². The van der Waals surface area contributed by atoms with Crippen molar-refractivity contribution in [3.63, 3.8) is 0 Å². The van der Waals surface area contributed by atoms with Gasteiger partial charge in [0, 0.05) is 29.9 Å². The molecule has 2 amide bonds. The van der Waals surface area contributed by atoms with Crippen molar-refractivity contribution in [1.82, 2.24) is 35.8 Å². The van der Waals surface area contributed by atoms with Gasteiger partial charge in [0.15, 0.2) is 5.82 Å². The highest BCUT2D eigenvalue weighted by Crippen LogP contribution is 2.32. The molecule has 32 heavy (non-hydrogen) atoms. The van der Waals surface area contributed by atoms with Crippen LogP contribution in [-0.2, 0) is 11.8 Å². The molecule has 170 valence electrons. The first kappa shape index (κ1) is 21.9. The molecule has 3 N–H and O–H groups in total. The molecule has 0 radical (unpaired) electrons. The Morgan fingerprint density at radius 2 is 2.16 bits per heavy atom. The normalized spacial score (nSPS) is 19.2. The second-order valence-corrected chi connectivity index (χ2v) is 8.38. The van der Waals surface area contributed by atoms with Crippen LogP contribution in [0.4, 0.5) is 4.39 Å². The van der Waals surface area contributed by atoms with E-state index in [0.29, 0.717) is 23.3 Å². The van der Waals surface area contributed by atoms with Gasteiger partial charge in [0.1, 0.15) is 17.6 Å². The second-order valence-electron chi connectivity index (χ2n) is 8.38. The minimum absolute atomic E-state index is 0.00768. The van der Waals surface area contributed by atoms with E-state index in [2.05, 4.69) is 31.3 Å². The molecule has 10 heteroatoms. The van der Waals surface area contributed by atoms with Gasteiger partial charge in [-0.25, -0.2) is 4.39 Å². The molecule has 3 atom stereocenters. The molecule has 0 bridgehead atoms. The van der Waals surface area contributed by atoms with Crippen LogP contribution in [0.15, 0.2) is 24.3 Å². The summed E-state index contributed by atoms with van der Waals surface area (Å²) in [5.41, 5.74) is 1.13. The van der Waals surface area contributed by atoms with Gasteiger partial charge in [-0.1, -0.05) is 31.4 Å². The van der Waals surface area contributed by atoms with Crippen LogP contribution in [-0.4, -0.2) is 49.1 Å². The third kappa shape index (κ3) is 4.49. The lowest BCUT2D eigenvalue weighted by Crippen LogP contribution is -2.50. The fraction of sp³-hybridized carbons (Fsp3) is 0.500. The summed E-state index contributed by atoms with van der Waals surface area (Å²) in [6.45, 7) is 2.04. The molecule has 0 unspecified atom stereocenters. The second kappa shape index (κ2) is 9.46. The minimum Gasteiger partial charge on any atom is -0.351 e. The number of carbonyl (C=O) groups is 2. The molecule has 0 saturated heterocycles. The number of H-pyrrole nitrogens is 1. The Morgan fingerprint density at radius 1 is 1.31 bits per heavy atom. The Labute approximate surface area is 185 Å². The predicted molar refractivity (Wildman–Crippen MR) is 116 cm³/mol. The van der Waals surface area contributed by atoms with Crippen LogP contribution in [0, 0.1) is 5.82 Å². The Bertz CT molecular complexity index is 1100. The molecule has 1 fully saturated rings. The number of amides is 2. The number of halogens is 1. The van der Waals surface area contributed by atoms with Crippen LogP contribution >= 0.6 is 0 Å². The number of fused-ring (bicyclic) bond motifs is 1. The third-order valence-corrected chi connectivity index (χ3v) is 6.24. The van der Waals surface area contributed by atoms with E-state index in [1.54, 1.807) is 23.7 Å². The van der Waals surface area contributed by atoms with E-state index in [4.69, 9.17) is 0 Å². The van der Waals surface area contributed by atoms with Crippen LogP contribution in [0.25, 0.3) is 10.9 Å². The number of hydrogen-bond acceptors (Lipinski definition) is 5. The molecule has 1 aliphatic carbocycles. The quantitative estimate of drug-likeness (QED) is 0.497. The summed E-state index contributed by atoms with van der Waals surface area (Å²) in [4.78, 5) is 26.2. The molecule has 2 aromatic heterocycles. The average Bonchev–Trinajstić information content (AvgIpc) is 3.51. The SMILES string of the molecule is CCCC[C@H](NC(=O)c1cc2cc(F)ccc2n1C)C(=O)N[C@H]1CCC[C@H]1c1nn[nH]n1. The van der Waals surface area contributed by atoms with Crippen LogP contribution < -0.4 is 10.6 Å². The van der Waals surface area contributed by atoms with Crippen molar-refractivity contribution in [1.29, 1.82) is 0 Å². The van der Waals surface area contributed by atoms with Gasteiger partial charge in [-0.05, 0) is 43.5 Å². The van der Waals surface area contributed by atoms with Gasteiger partial charge in [0.05, 0.1) is 0 Å². The monoisotopic (exact) mass is 441 g/mol. The number of aromatic nitrogens is 5. The maximum atomic E-state index is 13.6. The van der Waals surface area contributed by atoms with Gasteiger partial charge >= 0.3 is 0 Å². The first-order valence-corrected chi connectivity index (χ1v) is 11.1. The van der Waals surface area contributed by atoms with Crippen molar-refractivity contribution in [3.8, 4) is 0 Å². The molecular weight excluding hydrogens is 413 g/mol. The molecule has 9 nitrogen and oxygen atoms in total. The summed E-state index contributed by atoms with van der Waals surface area (Å²) in [5.74, 6) is -0.320. The van der Waals surface area contributed by atoms with Crippen LogP contribution in [0.3, 0.4) is 0 Å². The van der Waals surface area contributed by atoms with E-state index in [-0.39, 0.29) is 29.6 Å². The number of rotatable bonds is 8. The van der Waals surface area contributed by atoms with Gasteiger partial charge in [0.25, 0.3) is 5.91 Å². The van der Waals surface area contributed by atoms with E-state index in [9.17, 15) is 14.0 Å². The van der Waals surface area contributed by atoms with Crippen molar-refractivity contribution in [3.05, 3.63) is 41.6 Å². The number of aromatic amines is 1. The van der Waals surface area contributed by atoms with Crippen molar-refractivity contribution in [2.75, 3.05) is 0 Å². The van der Waals surface area contributed by atoms with Gasteiger partial charge in [-0.15, -0.1) is 10.2 Å². The summed E-state index contributed by atoms with van der Waals surface area (Å²) < 4.78 is 15.3. The maximum absolute atomic E-state index is 13.6. The first-order chi connectivity index (χ1) is 15.5. The lowest BCUT2D eigenvalue weighted by molar-refractivity contribution is -0.124. The lowest BCUT2D eigenvalue weighted by Gasteiger charge is -2.23. The number of carbonyl (C=O) groups excluding carboxylic acids is 2. The summed E-state index contributed by atoms with van der Waals surface area (Å²) >= 11 is 0. The smallest absolute Gasteiger partial charge is 0.268 e. The number of hydrogen-bond donors (Lipinski definition) is 3. The Balaban J connectivity index is 1.49. The van der Waals surface area contributed by atoms with Crippen molar-refractivity contribution < 1.29 is 14.0 Å². The van der Waals surface area contributed by atoms with Crippen LogP contribution in [0.1, 0.15) is 67.7 Å². The largest absolute Gasteiger partial charge is 0.351 e. The molecular formula is C22H28FN7O2. The molecule has 4 rings (SSSR count). The topological polar surface area (TPSA) is 118 Å².